The van der Waals surface area contributed by atoms with E-state index < -0.39 is 0 Å². The Balaban J connectivity index is 1.63. The summed E-state index contributed by atoms with van der Waals surface area (Å²) in [6, 6.07) is 19.1. The van der Waals surface area contributed by atoms with Gasteiger partial charge in [-0.25, -0.2) is 9.97 Å². The second-order valence-corrected chi connectivity index (χ2v) is 5.98. The summed E-state index contributed by atoms with van der Waals surface area (Å²) in [4.78, 5) is 24.0. The lowest BCUT2D eigenvalue weighted by Gasteiger charge is -2.06. The lowest BCUT2D eigenvalue weighted by molar-refractivity contribution is 0.101. The maximum atomic E-state index is 11.9. The number of nitrogens with zero attached hydrogens (tertiary/aromatic N) is 2. The smallest absolute Gasteiger partial charge is 0.177 e. The van der Waals surface area contributed by atoms with Gasteiger partial charge in [-0.15, -0.1) is 0 Å². The zero-order chi connectivity index (χ0) is 17.9. The summed E-state index contributed by atoms with van der Waals surface area (Å²) in [6.07, 6.45) is 1.74. The zero-order valence-corrected chi connectivity index (χ0v) is 14.3. The topological polar surface area (TPSA) is 67.9 Å². The third-order valence-electron chi connectivity index (χ3n) is 4.12. The fourth-order valence-electron chi connectivity index (χ4n) is 2.88. The highest BCUT2D eigenvalue weighted by molar-refractivity contribution is 6.01. The minimum Gasteiger partial charge on any atom is -0.486 e. The normalized spacial score (nSPS) is 10.8. The highest BCUT2D eigenvalue weighted by Gasteiger charge is 2.11. The molecule has 4 rings (SSSR count). The molecule has 0 fully saturated rings. The first-order chi connectivity index (χ1) is 12.7. The fourth-order valence-corrected chi connectivity index (χ4v) is 2.88. The molecule has 5 nitrogen and oxygen atoms in total. The first-order valence-corrected chi connectivity index (χ1v) is 8.33. The lowest BCUT2D eigenvalue weighted by atomic mass is 9.99. The van der Waals surface area contributed by atoms with Crippen LogP contribution in [0.1, 0.15) is 23.1 Å². The molecular formula is C21H17N3O2. The SMILES string of the molecule is CC(=O)c1ccccc1-c1cnc2nc(COc3ccccc3)[nH]c2c1. The van der Waals surface area contributed by atoms with Gasteiger partial charge in [0, 0.05) is 17.3 Å². The molecule has 0 spiro atoms. The van der Waals surface area contributed by atoms with Crippen LogP contribution >= 0.6 is 0 Å². The van der Waals surface area contributed by atoms with Gasteiger partial charge < -0.3 is 9.72 Å². The number of aromatic amines is 1. The van der Waals surface area contributed by atoms with Crippen LogP contribution in [0, 0.1) is 0 Å². The first kappa shape index (κ1) is 16.0. The molecule has 128 valence electrons. The van der Waals surface area contributed by atoms with E-state index in [4.69, 9.17) is 4.74 Å². The summed E-state index contributed by atoms with van der Waals surface area (Å²) < 4.78 is 5.72. The second-order valence-electron chi connectivity index (χ2n) is 5.98. The van der Waals surface area contributed by atoms with E-state index in [1.807, 2.05) is 60.7 Å². The number of fused-ring (bicyclic) bond motifs is 1. The average Bonchev–Trinajstić information content (AvgIpc) is 3.09. The largest absolute Gasteiger partial charge is 0.486 e. The summed E-state index contributed by atoms with van der Waals surface area (Å²) in [5, 5.41) is 0. The summed E-state index contributed by atoms with van der Waals surface area (Å²) >= 11 is 0. The Morgan fingerprint density at radius 3 is 2.65 bits per heavy atom. The van der Waals surface area contributed by atoms with Gasteiger partial charge in [-0.1, -0.05) is 42.5 Å². The Morgan fingerprint density at radius 2 is 1.85 bits per heavy atom. The number of benzene rings is 2. The van der Waals surface area contributed by atoms with Crippen LogP contribution in [0.5, 0.6) is 5.75 Å². The lowest BCUT2D eigenvalue weighted by Crippen LogP contribution is -1.96. The van der Waals surface area contributed by atoms with Crippen molar-refractivity contribution in [1.29, 1.82) is 0 Å². The molecule has 2 aromatic heterocycles. The minimum absolute atomic E-state index is 0.0299. The van der Waals surface area contributed by atoms with Crippen LogP contribution in [0.25, 0.3) is 22.3 Å². The number of H-pyrrole nitrogens is 1. The van der Waals surface area contributed by atoms with Crippen LogP contribution in [0.2, 0.25) is 0 Å². The van der Waals surface area contributed by atoms with E-state index in [1.165, 1.54) is 0 Å². The average molecular weight is 343 g/mol. The number of ketones is 1. The molecule has 0 aliphatic rings. The third-order valence-corrected chi connectivity index (χ3v) is 4.12. The predicted molar refractivity (Wildman–Crippen MR) is 100 cm³/mol. The Bertz CT molecular complexity index is 1070. The molecule has 0 aliphatic heterocycles. The van der Waals surface area contributed by atoms with Crippen LogP contribution in [0.15, 0.2) is 66.9 Å². The summed E-state index contributed by atoms with van der Waals surface area (Å²) in [5.41, 5.74) is 3.86. The number of Topliss-reactive ketones (excluding diaryl/α,β-unsaturated/α-hetero) is 1. The quantitative estimate of drug-likeness (QED) is 0.545. The monoisotopic (exact) mass is 343 g/mol. The van der Waals surface area contributed by atoms with Gasteiger partial charge >= 0.3 is 0 Å². The molecule has 0 atom stereocenters. The van der Waals surface area contributed by atoms with E-state index in [9.17, 15) is 4.79 Å². The van der Waals surface area contributed by atoms with Gasteiger partial charge in [0.2, 0.25) is 0 Å². The molecule has 26 heavy (non-hydrogen) atoms. The first-order valence-electron chi connectivity index (χ1n) is 8.33. The molecule has 0 saturated heterocycles. The van der Waals surface area contributed by atoms with Gasteiger partial charge in [0.25, 0.3) is 0 Å². The number of hydrogen-bond donors (Lipinski definition) is 1. The summed E-state index contributed by atoms with van der Waals surface area (Å²) in [5.74, 6) is 1.52. The van der Waals surface area contributed by atoms with Crippen molar-refractivity contribution in [3.05, 3.63) is 78.2 Å². The Labute approximate surface area is 150 Å². The number of rotatable bonds is 5. The molecule has 1 N–H and O–H groups in total. The van der Waals surface area contributed by atoms with E-state index in [0.717, 1.165) is 22.4 Å². The zero-order valence-electron chi connectivity index (χ0n) is 14.3. The Hall–Kier alpha value is -3.47. The van der Waals surface area contributed by atoms with E-state index >= 15 is 0 Å². The van der Waals surface area contributed by atoms with Crippen molar-refractivity contribution in [2.24, 2.45) is 0 Å². The number of hydrogen-bond acceptors (Lipinski definition) is 4. The van der Waals surface area contributed by atoms with Crippen molar-refractivity contribution in [3.8, 4) is 16.9 Å². The van der Waals surface area contributed by atoms with Crippen LogP contribution < -0.4 is 4.74 Å². The molecule has 5 heteroatoms. The van der Waals surface area contributed by atoms with Crippen LogP contribution in [0.3, 0.4) is 0 Å². The van der Waals surface area contributed by atoms with E-state index in [1.54, 1.807) is 13.1 Å². The maximum absolute atomic E-state index is 11.9. The molecule has 0 saturated carbocycles. The van der Waals surface area contributed by atoms with Gasteiger partial charge in [-0.3, -0.25) is 4.79 Å². The fraction of sp³-hybridized carbons (Fsp3) is 0.0952. The predicted octanol–water partition coefficient (Wildman–Crippen LogP) is 4.41. The highest BCUT2D eigenvalue weighted by atomic mass is 16.5. The number of pyridine rings is 1. The third kappa shape index (κ3) is 3.19. The van der Waals surface area contributed by atoms with Crippen molar-refractivity contribution in [2.75, 3.05) is 0 Å². The molecule has 0 bridgehead atoms. The van der Waals surface area contributed by atoms with Crippen molar-refractivity contribution < 1.29 is 9.53 Å². The number of para-hydroxylation sites is 1. The van der Waals surface area contributed by atoms with Gasteiger partial charge in [0.05, 0.1) is 5.52 Å². The molecule has 0 amide bonds. The van der Waals surface area contributed by atoms with Crippen LogP contribution in [-0.2, 0) is 6.61 Å². The number of carbonyl (C=O) groups is 1. The Morgan fingerprint density at radius 1 is 1.08 bits per heavy atom. The minimum atomic E-state index is 0.0299. The Kier molecular flexibility index (Phi) is 4.19. The second kappa shape index (κ2) is 6.80. The summed E-state index contributed by atoms with van der Waals surface area (Å²) in [6.45, 7) is 1.90. The highest BCUT2D eigenvalue weighted by Crippen LogP contribution is 2.26. The molecule has 2 heterocycles. The van der Waals surface area contributed by atoms with Crippen molar-refractivity contribution in [2.45, 2.75) is 13.5 Å². The molecule has 0 unspecified atom stereocenters. The maximum Gasteiger partial charge on any atom is 0.177 e. The van der Waals surface area contributed by atoms with Gasteiger partial charge in [-0.2, -0.15) is 0 Å². The molecule has 4 aromatic rings. The van der Waals surface area contributed by atoms with E-state index in [2.05, 4.69) is 15.0 Å². The van der Waals surface area contributed by atoms with Crippen molar-refractivity contribution in [1.82, 2.24) is 15.0 Å². The number of nitrogens with one attached hydrogen (secondary N) is 1. The van der Waals surface area contributed by atoms with E-state index in [0.29, 0.717) is 23.6 Å². The number of imidazole rings is 1. The number of carbonyl (C=O) groups excluding carboxylic acids is 1. The van der Waals surface area contributed by atoms with Gasteiger partial charge in [0.15, 0.2) is 11.4 Å². The van der Waals surface area contributed by atoms with Crippen molar-refractivity contribution >= 4 is 16.9 Å². The molecule has 0 aliphatic carbocycles. The van der Waals surface area contributed by atoms with Crippen LogP contribution in [0.4, 0.5) is 0 Å². The van der Waals surface area contributed by atoms with Gasteiger partial charge in [0.1, 0.15) is 18.2 Å². The molecule has 2 aromatic carbocycles. The summed E-state index contributed by atoms with van der Waals surface area (Å²) in [7, 11) is 0. The van der Waals surface area contributed by atoms with Gasteiger partial charge in [-0.05, 0) is 30.7 Å². The number of ether oxygens (including phenoxy) is 1. The molecule has 0 radical (unpaired) electrons. The van der Waals surface area contributed by atoms with E-state index in [-0.39, 0.29) is 5.78 Å². The standard InChI is InChI=1S/C21H17N3O2/c1-14(25)17-9-5-6-10-18(17)15-11-19-21(22-12-15)24-20(23-19)13-26-16-7-3-2-4-8-16/h2-12H,13H2,1H3,(H,22,23,24). The van der Waals surface area contributed by atoms with Crippen molar-refractivity contribution in [3.63, 3.8) is 0 Å². The molecular weight excluding hydrogens is 326 g/mol. The number of aromatic nitrogens is 3. The van der Waals surface area contributed by atoms with Crippen LogP contribution in [-0.4, -0.2) is 20.7 Å².